The summed E-state index contributed by atoms with van der Waals surface area (Å²) in [5, 5.41) is 6.59. The molecular formula is C13H14F3N3. The number of hydrogen-bond donors (Lipinski definition) is 2. The summed E-state index contributed by atoms with van der Waals surface area (Å²) in [7, 11) is 0. The van der Waals surface area contributed by atoms with E-state index in [1.807, 2.05) is 13.8 Å². The van der Waals surface area contributed by atoms with Gasteiger partial charge in [0.2, 0.25) is 0 Å². The predicted octanol–water partition coefficient (Wildman–Crippen LogP) is 3.80. The highest BCUT2D eigenvalue weighted by Gasteiger charge is 2.30. The van der Waals surface area contributed by atoms with Gasteiger partial charge in [-0.3, -0.25) is 5.10 Å². The van der Waals surface area contributed by atoms with Crippen molar-refractivity contribution in [3.63, 3.8) is 0 Å². The molecule has 3 nitrogen and oxygen atoms in total. The van der Waals surface area contributed by atoms with Crippen LogP contribution in [0.1, 0.15) is 30.9 Å². The molecule has 0 unspecified atom stereocenters. The number of aromatic amines is 1. The van der Waals surface area contributed by atoms with Crippen molar-refractivity contribution in [2.45, 2.75) is 25.9 Å². The summed E-state index contributed by atoms with van der Waals surface area (Å²) in [5.74, 6) is 0.394. The molecule has 0 spiro atoms. The van der Waals surface area contributed by atoms with E-state index >= 15 is 0 Å². The molecule has 102 valence electrons. The number of hydrogen-bond acceptors (Lipinski definition) is 2. The van der Waals surface area contributed by atoms with Crippen LogP contribution in [-0.4, -0.2) is 10.2 Å². The largest absolute Gasteiger partial charge is 0.416 e. The number of anilines is 1. The fourth-order valence-corrected chi connectivity index (χ4v) is 2.02. The maximum absolute atomic E-state index is 12.7. The first kappa shape index (κ1) is 13.5. The molecular weight excluding hydrogens is 255 g/mol. The van der Waals surface area contributed by atoms with Crippen LogP contribution in [0.25, 0.3) is 11.3 Å². The zero-order valence-electron chi connectivity index (χ0n) is 10.5. The van der Waals surface area contributed by atoms with Crippen molar-refractivity contribution < 1.29 is 13.2 Å². The second kappa shape index (κ2) is 4.60. The Kier molecular flexibility index (Phi) is 3.26. The molecule has 0 fully saturated rings. The molecule has 1 aromatic heterocycles. The number of aromatic nitrogens is 2. The Morgan fingerprint density at radius 2 is 1.95 bits per heavy atom. The molecule has 2 aromatic rings. The van der Waals surface area contributed by atoms with E-state index in [4.69, 9.17) is 5.73 Å². The Morgan fingerprint density at radius 1 is 1.26 bits per heavy atom. The molecule has 0 aliphatic carbocycles. The van der Waals surface area contributed by atoms with Crippen LogP contribution in [0.3, 0.4) is 0 Å². The van der Waals surface area contributed by atoms with Gasteiger partial charge in [-0.1, -0.05) is 26.0 Å². The Balaban J connectivity index is 2.54. The molecule has 1 heterocycles. The lowest BCUT2D eigenvalue weighted by Gasteiger charge is -2.10. The highest BCUT2D eigenvalue weighted by molar-refractivity contribution is 5.69. The van der Waals surface area contributed by atoms with Gasteiger partial charge in [0.05, 0.1) is 11.3 Å². The number of H-pyrrole nitrogens is 1. The summed E-state index contributed by atoms with van der Waals surface area (Å²) in [6.45, 7) is 3.83. The van der Waals surface area contributed by atoms with Gasteiger partial charge >= 0.3 is 6.18 Å². The van der Waals surface area contributed by atoms with E-state index in [2.05, 4.69) is 10.2 Å². The maximum Gasteiger partial charge on any atom is 0.416 e. The first-order valence-corrected chi connectivity index (χ1v) is 5.82. The lowest BCUT2D eigenvalue weighted by molar-refractivity contribution is -0.137. The van der Waals surface area contributed by atoms with Crippen LogP contribution < -0.4 is 5.73 Å². The monoisotopic (exact) mass is 269 g/mol. The van der Waals surface area contributed by atoms with E-state index < -0.39 is 11.7 Å². The standard InChI is InChI=1S/C13H14F3N3/c1-7(2)10-11(18-19-12(10)17)8-4-3-5-9(6-8)13(14,15)16/h3-7H,1-2H3,(H3,17,18,19). The fraction of sp³-hybridized carbons (Fsp3) is 0.308. The molecule has 19 heavy (non-hydrogen) atoms. The number of rotatable bonds is 2. The fourth-order valence-electron chi connectivity index (χ4n) is 2.02. The minimum Gasteiger partial charge on any atom is -0.382 e. The van der Waals surface area contributed by atoms with Crippen LogP contribution in [0.15, 0.2) is 24.3 Å². The van der Waals surface area contributed by atoms with Crippen molar-refractivity contribution >= 4 is 5.82 Å². The van der Waals surface area contributed by atoms with Crippen LogP contribution in [0.5, 0.6) is 0 Å². The summed E-state index contributed by atoms with van der Waals surface area (Å²) in [6.07, 6.45) is -4.36. The third-order valence-corrected chi connectivity index (χ3v) is 2.89. The van der Waals surface area contributed by atoms with Gasteiger partial charge < -0.3 is 5.73 Å². The predicted molar refractivity (Wildman–Crippen MR) is 67.5 cm³/mol. The molecule has 0 radical (unpaired) electrons. The molecule has 0 atom stereocenters. The van der Waals surface area contributed by atoms with Gasteiger partial charge in [-0.2, -0.15) is 18.3 Å². The third-order valence-electron chi connectivity index (χ3n) is 2.89. The van der Waals surface area contributed by atoms with E-state index in [1.165, 1.54) is 6.07 Å². The van der Waals surface area contributed by atoms with Crippen molar-refractivity contribution in [2.24, 2.45) is 0 Å². The van der Waals surface area contributed by atoms with E-state index in [0.717, 1.165) is 17.7 Å². The topological polar surface area (TPSA) is 54.7 Å². The lowest BCUT2D eigenvalue weighted by atomic mass is 9.97. The van der Waals surface area contributed by atoms with Gasteiger partial charge in [0.15, 0.2) is 0 Å². The van der Waals surface area contributed by atoms with Gasteiger partial charge in [0, 0.05) is 11.1 Å². The van der Waals surface area contributed by atoms with Crippen molar-refractivity contribution in [1.82, 2.24) is 10.2 Å². The highest BCUT2D eigenvalue weighted by Crippen LogP contribution is 2.35. The maximum atomic E-state index is 12.7. The molecule has 2 rings (SSSR count). The Bertz CT molecular complexity index is 585. The molecule has 0 saturated carbocycles. The van der Waals surface area contributed by atoms with Gasteiger partial charge in [0.1, 0.15) is 5.82 Å². The quantitative estimate of drug-likeness (QED) is 0.871. The molecule has 0 amide bonds. The number of nitrogens with one attached hydrogen (secondary N) is 1. The van der Waals surface area contributed by atoms with E-state index in [1.54, 1.807) is 6.07 Å². The minimum atomic E-state index is -4.36. The Morgan fingerprint density at radius 3 is 2.53 bits per heavy atom. The van der Waals surface area contributed by atoms with Crippen LogP contribution in [0.2, 0.25) is 0 Å². The minimum absolute atomic E-state index is 0.0725. The number of nitrogens with two attached hydrogens (primary N) is 1. The summed E-state index contributed by atoms with van der Waals surface area (Å²) < 4.78 is 38.1. The van der Waals surface area contributed by atoms with Gasteiger partial charge in [-0.15, -0.1) is 0 Å². The molecule has 0 aliphatic rings. The third kappa shape index (κ3) is 2.57. The number of nitrogens with zero attached hydrogens (tertiary/aromatic N) is 1. The summed E-state index contributed by atoms with van der Waals surface area (Å²) >= 11 is 0. The smallest absolute Gasteiger partial charge is 0.382 e. The van der Waals surface area contributed by atoms with Crippen molar-refractivity contribution in [1.29, 1.82) is 0 Å². The van der Waals surface area contributed by atoms with Gasteiger partial charge in [0.25, 0.3) is 0 Å². The second-order valence-corrected chi connectivity index (χ2v) is 4.63. The Labute approximate surface area is 108 Å². The van der Waals surface area contributed by atoms with Gasteiger partial charge in [-0.25, -0.2) is 0 Å². The number of alkyl halides is 3. The summed E-state index contributed by atoms with van der Waals surface area (Å²) in [5.41, 5.74) is 6.76. The van der Waals surface area contributed by atoms with E-state index in [9.17, 15) is 13.2 Å². The average Bonchev–Trinajstić information content (AvgIpc) is 2.70. The summed E-state index contributed by atoms with van der Waals surface area (Å²) in [6, 6.07) is 5.12. The zero-order chi connectivity index (χ0) is 14.2. The second-order valence-electron chi connectivity index (χ2n) is 4.63. The van der Waals surface area contributed by atoms with E-state index in [0.29, 0.717) is 17.1 Å². The highest BCUT2D eigenvalue weighted by atomic mass is 19.4. The van der Waals surface area contributed by atoms with Crippen molar-refractivity contribution in [3.8, 4) is 11.3 Å². The molecule has 3 N–H and O–H groups in total. The molecule has 0 aliphatic heterocycles. The van der Waals surface area contributed by atoms with Crippen LogP contribution in [0, 0.1) is 0 Å². The van der Waals surface area contributed by atoms with Crippen LogP contribution in [-0.2, 0) is 6.18 Å². The lowest BCUT2D eigenvalue weighted by Crippen LogP contribution is -2.04. The normalized spacial score (nSPS) is 12.1. The molecule has 6 heteroatoms. The Hall–Kier alpha value is -1.98. The average molecular weight is 269 g/mol. The first-order chi connectivity index (χ1) is 8.80. The molecule has 0 bridgehead atoms. The molecule has 1 aromatic carbocycles. The van der Waals surface area contributed by atoms with Crippen molar-refractivity contribution in [2.75, 3.05) is 5.73 Å². The van der Waals surface area contributed by atoms with Crippen LogP contribution >= 0.6 is 0 Å². The molecule has 0 saturated heterocycles. The summed E-state index contributed by atoms with van der Waals surface area (Å²) in [4.78, 5) is 0. The number of halogens is 3. The first-order valence-electron chi connectivity index (χ1n) is 5.82. The number of benzene rings is 1. The van der Waals surface area contributed by atoms with Crippen molar-refractivity contribution in [3.05, 3.63) is 35.4 Å². The zero-order valence-corrected chi connectivity index (χ0v) is 10.5. The van der Waals surface area contributed by atoms with Gasteiger partial charge in [-0.05, 0) is 18.1 Å². The van der Waals surface area contributed by atoms with Crippen LogP contribution in [0.4, 0.5) is 19.0 Å². The van der Waals surface area contributed by atoms with E-state index in [-0.39, 0.29) is 5.92 Å². The number of nitrogen functional groups attached to an aromatic ring is 1. The SMILES string of the molecule is CC(C)c1c(N)n[nH]c1-c1cccc(C(F)(F)F)c1.